The molecule has 0 spiro atoms. The predicted octanol–water partition coefficient (Wildman–Crippen LogP) is 0.599. The van der Waals surface area contributed by atoms with E-state index in [2.05, 4.69) is 22.0 Å². The second-order valence-corrected chi connectivity index (χ2v) is 5.29. The van der Waals surface area contributed by atoms with Crippen molar-refractivity contribution >= 4 is 0 Å². The summed E-state index contributed by atoms with van der Waals surface area (Å²) in [4.78, 5) is 7.02. The van der Waals surface area contributed by atoms with Gasteiger partial charge in [-0.3, -0.25) is 4.90 Å². The van der Waals surface area contributed by atoms with Gasteiger partial charge in [0.1, 0.15) is 5.82 Å². The van der Waals surface area contributed by atoms with E-state index in [1.54, 1.807) is 0 Å². The van der Waals surface area contributed by atoms with Gasteiger partial charge in [0.25, 0.3) is 0 Å². The number of likely N-dealkylation sites (tertiary alicyclic amines) is 1. The van der Waals surface area contributed by atoms with Crippen LogP contribution in [0.3, 0.4) is 0 Å². The Kier molecular flexibility index (Phi) is 2.88. The molecule has 1 N–H and O–H groups in total. The Morgan fingerprint density at radius 3 is 3.00 bits per heavy atom. The van der Waals surface area contributed by atoms with Crippen LogP contribution in [0.25, 0.3) is 0 Å². The lowest BCUT2D eigenvalue weighted by atomic mass is 10.0. The van der Waals surface area contributed by atoms with Gasteiger partial charge in [-0.15, -0.1) is 0 Å². The van der Waals surface area contributed by atoms with Crippen LogP contribution in [0.4, 0.5) is 0 Å². The van der Waals surface area contributed by atoms with Crippen LogP contribution in [0.1, 0.15) is 37.0 Å². The molecule has 0 aliphatic carbocycles. The zero-order chi connectivity index (χ0) is 11.8. The van der Waals surface area contributed by atoms with E-state index in [4.69, 9.17) is 0 Å². The number of nitrogens with zero attached hydrogens (tertiary/aromatic N) is 4. The summed E-state index contributed by atoms with van der Waals surface area (Å²) in [6.07, 6.45) is 4.40. The molecule has 0 bridgehead atoms. The number of hydrogen-bond donors (Lipinski definition) is 1. The van der Waals surface area contributed by atoms with Crippen molar-refractivity contribution in [2.45, 2.75) is 38.3 Å². The lowest BCUT2D eigenvalue weighted by Crippen LogP contribution is -2.23. The number of aromatic nitrogens is 3. The zero-order valence-electron chi connectivity index (χ0n) is 10.3. The minimum atomic E-state index is 0.262. The van der Waals surface area contributed by atoms with Crippen LogP contribution in [0.5, 0.6) is 0 Å². The number of hydrogen-bond acceptors (Lipinski definition) is 4. The molecule has 0 amide bonds. The summed E-state index contributed by atoms with van der Waals surface area (Å²) >= 11 is 0. The summed E-state index contributed by atoms with van der Waals surface area (Å²) in [5.74, 6) is 2.45. The molecule has 94 valence electrons. The average Bonchev–Trinajstić information content (AvgIpc) is 2.93. The van der Waals surface area contributed by atoms with Crippen LogP contribution in [0.15, 0.2) is 0 Å². The molecule has 2 aliphatic rings. The maximum Gasteiger partial charge on any atom is 0.168 e. The third kappa shape index (κ3) is 1.98. The van der Waals surface area contributed by atoms with Crippen molar-refractivity contribution in [2.24, 2.45) is 5.92 Å². The molecule has 0 radical (unpaired) electrons. The van der Waals surface area contributed by atoms with E-state index in [9.17, 15) is 5.11 Å². The van der Waals surface area contributed by atoms with Gasteiger partial charge in [-0.25, -0.2) is 9.67 Å². The standard InChI is InChI=1S/C12H20N4O/c1-15-6-2-3-10(15)12-13-11-5-4-9(8-17)7-16(11)14-12/h9-10,17H,2-8H2,1H3. The molecule has 5 heteroatoms. The first-order valence-electron chi connectivity index (χ1n) is 6.52. The predicted molar refractivity (Wildman–Crippen MR) is 63.5 cm³/mol. The van der Waals surface area contributed by atoms with Crippen molar-refractivity contribution in [3.05, 3.63) is 11.6 Å². The third-order valence-corrected chi connectivity index (χ3v) is 4.05. The summed E-state index contributed by atoms with van der Waals surface area (Å²) < 4.78 is 2.01. The molecular weight excluding hydrogens is 216 g/mol. The number of aliphatic hydroxyl groups is 1. The van der Waals surface area contributed by atoms with Gasteiger partial charge in [0.05, 0.1) is 6.04 Å². The van der Waals surface area contributed by atoms with E-state index in [0.717, 1.165) is 37.6 Å². The van der Waals surface area contributed by atoms with Crippen LogP contribution in [0, 0.1) is 5.92 Å². The van der Waals surface area contributed by atoms with Crippen LogP contribution in [-0.4, -0.2) is 45.0 Å². The van der Waals surface area contributed by atoms with Gasteiger partial charge in [0.2, 0.25) is 0 Å². The van der Waals surface area contributed by atoms with Gasteiger partial charge in [0.15, 0.2) is 5.82 Å². The Labute approximate surface area is 101 Å². The van der Waals surface area contributed by atoms with Crippen LogP contribution in [0.2, 0.25) is 0 Å². The molecule has 3 heterocycles. The molecule has 2 atom stereocenters. The van der Waals surface area contributed by atoms with Gasteiger partial charge in [0, 0.05) is 25.5 Å². The van der Waals surface area contributed by atoms with Crippen molar-refractivity contribution in [3.8, 4) is 0 Å². The topological polar surface area (TPSA) is 54.2 Å². The summed E-state index contributed by atoms with van der Waals surface area (Å²) in [5.41, 5.74) is 0. The first-order valence-corrected chi connectivity index (χ1v) is 6.52. The van der Waals surface area contributed by atoms with Gasteiger partial charge in [-0.1, -0.05) is 0 Å². The number of aliphatic hydroxyl groups excluding tert-OH is 1. The molecule has 2 aliphatic heterocycles. The van der Waals surface area contributed by atoms with Crippen molar-refractivity contribution in [1.82, 2.24) is 19.7 Å². The minimum absolute atomic E-state index is 0.262. The summed E-state index contributed by atoms with van der Waals surface area (Å²) in [5, 5.41) is 13.8. The number of aryl methyl sites for hydroxylation is 1. The molecular formula is C12H20N4O. The molecule has 1 saturated heterocycles. The first-order chi connectivity index (χ1) is 8.28. The maximum absolute atomic E-state index is 9.21. The van der Waals surface area contributed by atoms with Crippen molar-refractivity contribution in [1.29, 1.82) is 0 Å². The van der Waals surface area contributed by atoms with Gasteiger partial charge < -0.3 is 5.11 Å². The Morgan fingerprint density at radius 2 is 2.29 bits per heavy atom. The third-order valence-electron chi connectivity index (χ3n) is 4.05. The lowest BCUT2D eigenvalue weighted by molar-refractivity contribution is 0.185. The smallest absolute Gasteiger partial charge is 0.168 e. The Bertz CT molecular complexity index is 403. The fraction of sp³-hybridized carbons (Fsp3) is 0.833. The minimum Gasteiger partial charge on any atom is -0.396 e. The largest absolute Gasteiger partial charge is 0.396 e. The highest BCUT2D eigenvalue weighted by Gasteiger charge is 2.29. The molecule has 0 saturated carbocycles. The van der Waals surface area contributed by atoms with Crippen LogP contribution < -0.4 is 0 Å². The number of fused-ring (bicyclic) bond motifs is 1. The maximum atomic E-state index is 9.21. The van der Waals surface area contributed by atoms with E-state index in [-0.39, 0.29) is 6.61 Å². The number of rotatable bonds is 2. The second-order valence-electron chi connectivity index (χ2n) is 5.29. The van der Waals surface area contributed by atoms with Gasteiger partial charge in [-0.2, -0.15) is 5.10 Å². The molecule has 3 rings (SSSR count). The van der Waals surface area contributed by atoms with E-state index >= 15 is 0 Å². The molecule has 1 fully saturated rings. The fourth-order valence-corrected chi connectivity index (χ4v) is 2.92. The van der Waals surface area contributed by atoms with E-state index in [1.165, 1.54) is 12.8 Å². The second kappa shape index (κ2) is 4.38. The highest BCUT2D eigenvalue weighted by Crippen LogP contribution is 2.29. The van der Waals surface area contributed by atoms with Crippen molar-refractivity contribution in [2.75, 3.05) is 20.2 Å². The average molecular weight is 236 g/mol. The fourth-order valence-electron chi connectivity index (χ4n) is 2.92. The molecule has 5 nitrogen and oxygen atoms in total. The van der Waals surface area contributed by atoms with Crippen LogP contribution >= 0.6 is 0 Å². The first kappa shape index (κ1) is 11.2. The summed E-state index contributed by atoms with van der Waals surface area (Å²) in [6, 6.07) is 0.403. The summed E-state index contributed by atoms with van der Waals surface area (Å²) in [7, 11) is 2.15. The molecule has 1 aromatic heterocycles. The Hall–Kier alpha value is -0.940. The van der Waals surface area contributed by atoms with E-state index in [0.29, 0.717) is 12.0 Å². The Balaban J connectivity index is 1.82. The van der Waals surface area contributed by atoms with Crippen molar-refractivity contribution < 1.29 is 5.11 Å². The highest BCUT2D eigenvalue weighted by atomic mass is 16.3. The molecule has 0 aromatic carbocycles. The summed E-state index contributed by atoms with van der Waals surface area (Å²) in [6.45, 7) is 2.24. The van der Waals surface area contributed by atoms with Crippen LogP contribution in [-0.2, 0) is 13.0 Å². The Morgan fingerprint density at radius 1 is 1.41 bits per heavy atom. The van der Waals surface area contributed by atoms with Gasteiger partial charge >= 0.3 is 0 Å². The van der Waals surface area contributed by atoms with E-state index < -0.39 is 0 Å². The zero-order valence-corrected chi connectivity index (χ0v) is 10.3. The monoisotopic (exact) mass is 236 g/mol. The highest BCUT2D eigenvalue weighted by molar-refractivity contribution is 5.03. The molecule has 1 aromatic rings. The van der Waals surface area contributed by atoms with Crippen molar-refractivity contribution in [3.63, 3.8) is 0 Å². The lowest BCUT2D eigenvalue weighted by Gasteiger charge is -2.19. The normalized spacial score (nSPS) is 29.5. The molecule has 2 unspecified atom stereocenters. The van der Waals surface area contributed by atoms with E-state index in [1.807, 2.05) is 4.68 Å². The SMILES string of the molecule is CN1CCCC1c1nc2n(n1)CC(CO)CC2. The molecule has 17 heavy (non-hydrogen) atoms. The quantitative estimate of drug-likeness (QED) is 0.817. The van der Waals surface area contributed by atoms with Gasteiger partial charge in [-0.05, 0) is 32.9 Å².